The number of likely N-dealkylation sites (N-methyl/N-ethyl adjacent to an activating group) is 1. The molecule has 3 rings (SSSR count). The molecule has 3 nitrogen and oxygen atoms in total. The molecule has 1 aliphatic rings. The van der Waals surface area contributed by atoms with Crippen LogP contribution in [0.15, 0.2) is 29.6 Å². The lowest BCUT2D eigenvalue weighted by atomic mass is 10.2. The molecule has 118 valence electrons. The Morgan fingerprint density at radius 1 is 1.32 bits per heavy atom. The molecular weight excluding hydrogens is 314 g/mol. The van der Waals surface area contributed by atoms with E-state index in [1.807, 2.05) is 36.5 Å². The highest BCUT2D eigenvalue weighted by Gasteiger charge is 2.31. The molecule has 1 unspecified atom stereocenters. The smallest absolute Gasteiger partial charge is 0.157 e. The maximum atomic E-state index is 6.45. The average molecular weight is 336 g/mol. The third kappa shape index (κ3) is 2.83. The normalized spacial score (nSPS) is 18.9. The number of anilines is 2. The van der Waals surface area contributed by atoms with Gasteiger partial charge in [-0.1, -0.05) is 30.7 Å². The molecule has 1 aliphatic heterocycles. The number of hydrogen-bond donors (Lipinski definition) is 1. The topological polar surface area (TPSA) is 18.5 Å². The van der Waals surface area contributed by atoms with Crippen molar-refractivity contribution in [2.24, 2.45) is 0 Å². The predicted molar refractivity (Wildman–Crippen MR) is 97.3 cm³/mol. The van der Waals surface area contributed by atoms with E-state index in [4.69, 9.17) is 11.6 Å². The highest BCUT2D eigenvalue weighted by molar-refractivity contribution is 7.10. The molecular formula is C17H22ClN3S. The van der Waals surface area contributed by atoms with Gasteiger partial charge in [-0.2, -0.15) is 0 Å². The number of hydrogen-bond acceptors (Lipinski definition) is 4. The van der Waals surface area contributed by atoms with Gasteiger partial charge < -0.3 is 10.2 Å². The molecule has 0 saturated carbocycles. The number of nitrogens with one attached hydrogen (secondary N) is 1. The van der Waals surface area contributed by atoms with Crippen LogP contribution in [0.25, 0.3) is 0 Å². The molecule has 1 saturated heterocycles. The molecule has 1 N–H and O–H groups in total. The summed E-state index contributed by atoms with van der Waals surface area (Å²) in [6.07, 6.45) is 1.21. The van der Waals surface area contributed by atoms with Gasteiger partial charge in [0, 0.05) is 18.0 Å². The molecule has 22 heavy (non-hydrogen) atoms. The van der Waals surface area contributed by atoms with E-state index >= 15 is 0 Å². The van der Waals surface area contributed by atoms with Crippen LogP contribution in [0, 0.1) is 6.92 Å². The van der Waals surface area contributed by atoms with Crippen LogP contribution in [0.1, 0.15) is 17.4 Å². The monoisotopic (exact) mass is 335 g/mol. The van der Waals surface area contributed by atoms with Crippen LogP contribution in [0.3, 0.4) is 0 Å². The summed E-state index contributed by atoms with van der Waals surface area (Å²) in [4.78, 5) is 6.21. The quantitative estimate of drug-likeness (QED) is 0.892. The minimum absolute atomic E-state index is 0.138. The van der Waals surface area contributed by atoms with Crippen LogP contribution in [-0.2, 0) is 6.42 Å². The molecule has 0 aliphatic carbocycles. The first kappa shape index (κ1) is 15.7. The third-order valence-electron chi connectivity index (χ3n) is 4.24. The van der Waals surface area contributed by atoms with Gasteiger partial charge in [0.25, 0.3) is 0 Å². The van der Waals surface area contributed by atoms with Crippen LogP contribution in [0.2, 0.25) is 5.02 Å². The molecule has 1 aromatic carbocycles. The summed E-state index contributed by atoms with van der Waals surface area (Å²) in [6, 6.07) is 8.37. The lowest BCUT2D eigenvalue weighted by Crippen LogP contribution is -2.43. The second-order valence-corrected chi connectivity index (χ2v) is 7.09. The van der Waals surface area contributed by atoms with Gasteiger partial charge in [0.2, 0.25) is 0 Å². The summed E-state index contributed by atoms with van der Waals surface area (Å²) >= 11 is 8.29. The highest BCUT2D eigenvalue weighted by Crippen LogP contribution is 2.33. The Labute approximate surface area is 141 Å². The lowest BCUT2D eigenvalue weighted by molar-refractivity contribution is 0.340. The number of rotatable bonds is 4. The molecule has 0 radical (unpaired) electrons. The molecule has 2 heterocycles. The first-order valence-electron chi connectivity index (χ1n) is 7.66. The van der Waals surface area contributed by atoms with Crippen molar-refractivity contribution >= 4 is 34.3 Å². The molecule has 1 fully saturated rings. The third-order valence-corrected chi connectivity index (χ3v) is 5.79. The van der Waals surface area contributed by atoms with Gasteiger partial charge in [-0.15, -0.1) is 11.3 Å². The Balaban J connectivity index is 1.88. The fourth-order valence-electron chi connectivity index (χ4n) is 2.94. The molecule has 2 aromatic rings. The average Bonchev–Trinajstić information content (AvgIpc) is 3.11. The Bertz CT molecular complexity index is 655. The number of aryl methyl sites for hydroxylation is 2. The van der Waals surface area contributed by atoms with Crippen molar-refractivity contribution in [3.8, 4) is 0 Å². The number of benzene rings is 1. The summed E-state index contributed by atoms with van der Waals surface area (Å²) in [6.45, 7) is 6.33. The zero-order valence-corrected chi connectivity index (χ0v) is 14.8. The molecule has 1 atom stereocenters. The van der Waals surface area contributed by atoms with E-state index in [0.717, 1.165) is 35.8 Å². The van der Waals surface area contributed by atoms with E-state index in [2.05, 4.69) is 40.5 Å². The molecule has 0 bridgehead atoms. The predicted octanol–water partition coefficient (Wildman–Crippen LogP) is 4.42. The Morgan fingerprint density at radius 3 is 2.91 bits per heavy atom. The van der Waals surface area contributed by atoms with Crippen molar-refractivity contribution in [3.05, 3.63) is 45.1 Å². The van der Waals surface area contributed by atoms with Crippen molar-refractivity contribution in [1.29, 1.82) is 0 Å². The largest absolute Gasteiger partial charge is 0.352 e. The molecule has 0 amide bonds. The van der Waals surface area contributed by atoms with Crippen LogP contribution in [-0.4, -0.2) is 31.3 Å². The Morgan fingerprint density at radius 2 is 2.14 bits per heavy atom. The van der Waals surface area contributed by atoms with E-state index in [-0.39, 0.29) is 6.29 Å². The number of halogens is 1. The van der Waals surface area contributed by atoms with Gasteiger partial charge in [-0.05, 0) is 43.5 Å². The molecule has 1 aromatic heterocycles. The van der Waals surface area contributed by atoms with Gasteiger partial charge in [-0.3, -0.25) is 4.90 Å². The maximum Gasteiger partial charge on any atom is 0.157 e. The van der Waals surface area contributed by atoms with E-state index in [9.17, 15) is 0 Å². The fourth-order valence-corrected chi connectivity index (χ4v) is 3.96. The summed E-state index contributed by atoms with van der Waals surface area (Å²) in [5.74, 6) is 0. The zero-order chi connectivity index (χ0) is 15.7. The van der Waals surface area contributed by atoms with Crippen molar-refractivity contribution < 1.29 is 0 Å². The molecule has 5 heteroatoms. The second-order valence-electron chi connectivity index (χ2n) is 5.71. The van der Waals surface area contributed by atoms with Crippen LogP contribution >= 0.6 is 22.9 Å². The van der Waals surface area contributed by atoms with Gasteiger partial charge in [0.05, 0.1) is 16.4 Å². The standard InChI is InChI=1S/C17H22ClN3S/c1-4-15-14(8-11-22-15)21-10-9-20(3)17(21)19-13-7-5-6-12(2)16(13)18/h5-8,11,17,19H,4,9-10H2,1-3H3. The van der Waals surface area contributed by atoms with E-state index in [1.54, 1.807) is 0 Å². The minimum Gasteiger partial charge on any atom is -0.352 e. The summed E-state index contributed by atoms with van der Waals surface area (Å²) in [5, 5.41) is 6.61. The van der Waals surface area contributed by atoms with E-state index < -0.39 is 0 Å². The van der Waals surface area contributed by atoms with E-state index in [1.165, 1.54) is 10.6 Å². The van der Waals surface area contributed by atoms with Crippen molar-refractivity contribution in [2.45, 2.75) is 26.6 Å². The number of nitrogens with zero attached hydrogens (tertiary/aromatic N) is 2. The first-order valence-corrected chi connectivity index (χ1v) is 8.92. The minimum atomic E-state index is 0.138. The Kier molecular flexibility index (Phi) is 4.62. The highest BCUT2D eigenvalue weighted by atomic mass is 35.5. The fraction of sp³-hybridized carbons (Fsp3) is 0.412. The maximum absolute atomic E-state index is 6.45. The van der Waals surface area contributed by atoms with Crippen molar-refractivity contribution in [1.82, 2.24) is 4.90 Å². The van der Waals surface area contributed by atoms with Crippen molar-refractivity contribution in [3.63, 3.8) is 0 Å². The van der Waals surface area contributed by atoms with Gasteiger partial charge >= 0.3 is 0 Å². The van der Waals surface area contributed by atoms with Crippen molar-refractivity contribution in [2.75, 3.05) is 30.4 Å². The Hall–Kier alpha value is -1.23. The first-order chi connectivity index (χ1) is 10.6. The summed E-state index contributed by atoms with van der Waals surface area (Å²) in [5.41, 5.74) is 3.44. The summed E-state index contributed by atoms with van der Waals surface area (Å²) < 4.78 is 0. The summed E-state index contributed by atoms with van der Waals surface area (Å²) in [7, 11) is 2.15. The van der Waals surface area contributed by atoms with Crippen LogP contribution < -0.4 is 10.2 Å². The SMILES string of the molecule is CCc1sccc1N1CCN(C)C1Nc1cccc(C)c1Cl. The van der Waals surface area contributed by atoms with Crippen LogP contribution in [0.4, 0.5) is 11.4 Å². The van der Waals surface area contributed by atoms with Gasteiger partial charge in [0.15, 0.2) is 6.29 Å². The molecule has 0 spiro atoms. The zero-order valence-electron chi connectivity index (χ0n) is 13.3. The van der Waals surface area contributed by atoms with Crippen LogP contribution in [0.5, 0.6) is 0 Å². The van der Waals surface area contributed by atoms with E-state index in [0.29, 0.717) is 0 Å². The lowest BCUT2D eigenvalue weighted by Gasteiger charge is -2.31. The van der Waals surface area contributed by atoms with Gasteiger partial charge in [0.1, 0.15) is 0 Å². The van der Waals surface area contributed by atoms with Gasteiger partial charge in [-0.25, -0.2) is 0 Å². The second kappa shape index (κ2) is 6.49. The number of thiophene rings is 1.